The van der Waals surface area contributed by atoms with Crippen molar-refractivity contribution in [2.75, 3.05) is 18.5 Å². The Labute approximate surface area is 112 Å². The van der Waals surface area contributed by atoms with Gasteiger partial charge in [0.25, 0.3) is 0 Å². The fraction of sp³-hybridized carbons (Fsp3) is 0.571. The maximum atomic E-state index is 5.49. The zero-order valence-electron chi connectivity index (χ0n) is 10.6. The van der Waals surface area contributed by atoms with Gasteiger partial charge in [0.05, 0.1) is 5.69 Å². The molecule has 0 spiro atoms. The van der Waals surface area contributed by atoms with Crippen molar-refractivity contribution in [2.24, 2.45) is 0 Å². The molecule has 1 aliphatic heterocycles. The molecule has 0 bridgehead atoms. The van der Waals surface area contributed by atoms with Crippen molar-refractivity contribution in [1.82, 2.24) is 0 Å². The van der Waals surface area contributed by atoms with E-state index in [9.17, 15) is 0 Å². The average Bonchev–Trinajstić information content (AvgIpc) is 2.51. The van der Waals surface area contributed by atoms with Gasteiger partial charge in [0.2, 0.25) is 0 Å². The van der Waals surface area contributed by atoms with Crippen molar-refractivity contribution < 1.29 is 4.74 Å². The van der Waals surface area contributed by atoms with E-state index >= 15 is 0 Å². The third-order valence-electron chi connectivity index (χ3n) is 3.23. The summed E-state index contributed by atoms with van der Waals surface area (Å²) in [5, 5.41) is 3.66. The molecule has 1 aromatic rings. The molecule has 94 valence electrons. The monoisotopic (exact) mass is 297 g/mol. The number of benzene rings is 1. The first kappa shape index (κ1) is 12.9. The lowest BCUT2D eigenvalue weighted by Crippen LogP contribution is -2.20. The van der Waals surface area contributed by atoms with Crippen molar-refractivity contribution in [1.29, 1.82) is 0 Å². The SMILES string of the molecule is Cc1cc(C)c(NC2CCCOCC2)c(Br)c1. The van der Waals surface area contributed by atoms with E-state index in [1.54, 1.807) is 0 Å². The first-order valence-electron chi connectivity index (χ1n) is 6.28. The molecule has 1 N–H and O–H groups in total. The number of hydrogen-bond acceptors (Lipinski definition) is 2. The zero-order chi connectivity index (χ0) is 12.3. The minimum absolute atomic E-state index is 0.537. The topological polar surface area (TPSA) is 21.3 Å². The Kier molecular flexibility index (Phi) is 4.46. The maximum absolute atomic E-state index is 5.49. The van der Waals surface area contributed by atoms with Gasteiger partial charge in [-0.1, -0.05) is 6.07 Å². The van der Waals surface area contributed by atoms with Crippen molar-refractivity contribution in [3.05, 3.63) is 27.7 Å². The molecule has 0 aromatic heterocycles. The molecule has 1 atom stereocenters. The number of ether oxygens (including phenoxy) is 1. The van der Waals surface area contributed by atoms with E-state index in [2.05, 4.69) is 47.2 Å². The van der Waals surface area contributed by atoms with Gasteiger partial charge in [-0.3, -0.25) is 0 Å². The van der Waals surface area contributed by atoms with E-state index in [0.29, 0.717) is 6.04 Å². The quantitative estimate of drug-likeness (QED) is 0.889. The highest BCUT2D eigenvalue weighted by atomic mass is 79.9. The maximum Gasteiger partial charge on any atom is 0.0516 e. The summed E-state index contributed by atoms with van der Waals surface area (Å²) in [6.45, 7) is 6.07. The Morgan fingerprint density at radius 2 is 2.06 bits per heavy atom. The van der Waals surface area contributed by atoms with Crippen molar-refractivity contribution in [3.8, 4) is 0 Å². The van der Waals surface area contributed by atoms with Crippen molar-refractivity contribution >= 4 is 21.6 Å². The summed E-state index contributed by atoms with van der Waals surface area (Å²) < 4.78 is 6.66. The summed E-state index contributed by atoms with van der Waals surface area (Å²) in [5.41, 5.74) is 3.84. The van der Waals surface area contributed by atoms with Crippen LogP contribution in [0.5, 0.6) is 0 Å². The number of anilines is 1. The van der Waals surface area contributed by atoms with Crippen LogP contribution in [0.4, 0.5) is 5.69 Å². The average molecular weight is 298 g/mol. The van der Waals surface area contributed by atoms with E-state index in [0.717, 1.165) is 26.1 Å². The predicted octanol–water partition coefficient (Wildman–Crippen LogP) is 4.05. The molecule has 2 nitrogen and oxygen atoms in total. The van der Waals surface area contributed by atoms with E-state index in [-0.39, 0.29) is 0 Å². The van der Waals surface area contributed by atoms with Crippen LogP contribution < -0.4 is 5.32 Å². The summed E-state index contributed by atoms with van der Waals surface area (Å²) in [4.78, 5) is 0. The summed E-state index contributed by atoms with van der Waals surface area (Å²) in [6.07, 6.45) is 3.44. The molecule has 0 aliphatic carbocycles. The molecule has 17 heavy (non-hydrogen) atoms. The first-order chi connectivity index (χ1) is 8.16. The third kappa shape index (κ3) is 3.46. The number of rotatable bonds is 2. The van der Waals surface area contributed by atoms with Gasteiger partial charge in [-0.15, -0.1) is 0 Å². The van der Waals surface area contributed by atoms with E-state index in [1.807, 2.05) is 0 Å². The summed E-state index contributed by atoms with van der Waals surface area (Å²) in [6, 6.07) is 4.93. The Morgan fingerprint density at radius 1 is 1.24 bits per heavy atom. The molecule has 1 fully saturated rings. The molecule has 1 heterocycles. The highest BCUT2D eigenvalue weighted by Gasteiger charge is 2.14. The largest absolute Gasteiger partial charge is 0.381 e. The number of hydrogen-bond donors (Lipinski definition) is 1. The molecule has 0 radical (unpaired) electrons. The van der Waals surface area contributed by atoms with Gasteiger partial charge in [0, 0.05) is 23.7 Å². The van der Waals surface area contributed by atoms with Crippen LogP contribution in [0.15, 0.2) is 16.6 Å². The molecular formula is C14H20BrNO. The summed E-state index contributed by atoms with van der Waals surface area (Å²) in [5.74, 6) is 0. The first-order valence-corrected chi connectivity index (χ1v) is 7.07. The lowest BCUT2D eigenvalue weighted by atomic mass is 10.1. The number of nitrogens with one attached hydrogen (secondary N) is 1. The molecule has 2 rings (SSSR count). The van der Waals surface area contributed by atoms with Crippen LogP contribution in [0, 0.1) is 13.8 Å². The molecular weight excluding hydrogens is 278 g/mol. The van der Waals surface area contributed by atoms with Crippen LogP contribution in [0.3, 0.4) is 0 Å². The van der Waals surface area contributed by atoms with Gasteiger partial charge >= 0.3 is 0 Å². The molecule has 1 saturated heterocycles. The predicted molar refractivity (Wildman–Crippen MR) is 75.7 cm³/mol. The smallest absolute Gasteiger partial charge is 0.0516 e. The van der Waals surface area contributed by atoms with Gasteiger partial charge < -0.3 is 10.1 Å². The standard InChI is InChI=1S/C14H20BrNO/c1-10-8-11(2)14(13(15)9-10)16-12-4-3-6-17-7-5-12/h8-9,12,16H,3-7H2,1-2H3. The van der Waals surface area contributed by atoms with Gasteiger partial charge in [0.1, 0.15) is 0 Å². The Hall–Kier alpha value is -0.540. The number of aryl methyl sites for hydroxylation is 2. The van der Waals surface area contributed by atoms with Crippen LogP contribution >= 0.6 is 15.9 Å². The molecule has 0 saturated carbocycles. The van der Waals surface area contributed by atoms with Crippen LogP contribution in [0.1, 0.15) is 30.4 Å². The summed E-state index contributed by atoms with van der Waals surface area (Å²) >= 11 is 3.65. The minimum Gasteiger partial charge on any atom is -0.381 e. The van der Waals surface area contributed by atoms with E-state index < -0.39 is 0 Å². The lowest BCUT2D eigenvalue weighted by Gasteiger charge is -2.20. The Bertz CT molecular complexity index is 361. The van der Waals surface area contributed by atoms with Gasteiger partial charge in [0.15, 0.2) is 0 Å². The third-order valence-corrected chi connectivity index (χ3v) is 3.86. The summed E-state index contributed by atoms with van der Waals surface area (Å²) in [7, 11) is 0. The molecule has 1 unspecified atom stereocenters. The minimum atomic E-state index is 0.537. The van der Waals surface area contributed by atoms with Gasteiger partial charge in [-0.05, 0) is 66.2 Å². The van der Waals surface area contributed by atoms with Crippen molar-refractivity contribution in [3.63, 3.8) is 0 Å². The Morgan fingerprint density at radius 3 is 2.82 bits per heavy atom. The van der Waals surface area contributed by atoms with Crippen LogP contribution in [-0.2, 0) is 4.74 Å². The second-order valence-corrected chi connectivity index (χ2v) is 5.68. The van der Waals surface area contributed by atoms with Gasteiger partial charge in [-0.2, -0.15) is 0 Å². The van der Waals surface area contributed by atoms with Crippen LogP contribution in [0.25, 0.3) is 0 Å². The fourth-order valence-electron chi connectivity index (χ4n) is 2.35. The second kappa shape index (κ2) is 5.87. The molecule has 0 amide bonds. The highest BCUT2D eigenvalue weighted by molar-refractivity contribution is 9.10. The van der Waals surface area contributed by atoms with Crippen LogP contribution in [-0.4, -0.2) is 19.3 Å². The zero-order valence-corrected chi connectivity index (χ0v) is 12.1. The molecule has 1 aliphatic rings. The fourth-order valence-corrected chi connectivity index (χ4v) is 3.14. The molecule has 1 aromatic carbocycles. The number of halogens is 1. The van der Waals surface area contributed by atoms with E-state index in [1.165, 1.54) is 27.7 Å². The van der Waals surface area contributed by atoms with E-state index in [4.69, 9.17) is 4.74 Å². The second-order valence-electron chi connectivity index (χ2n) is 4.82. The lowest BCUT2D eigenvalue weighted by molar-refractivity contribution is 0.144. The van der Waals surface area contributed by atoms with Gasteiger partial charge in [-0.25, -0.2) is 0 Å². The Balaban J connectivity index is 2.11. The van der Waals surface area contributed by atoms with Crippen LogP contribution in [0.2, 0.25) is 0 Å². The molecule has 3 heteroatoms. The van der Waals surface area contributed by atoms with Crippen molar-refractivity contribution in [2.45, 2.75) is 39.2 Å². The normalized spacial score (nSPS) is 21.0. The highest BCUT2D eigenvalue weighted by Crippen LogP contribution is 2.29.